The van der Waals surface area contributed by atoms with Crippen molar-refractivity contribution < 1.29 is 9.90 Å². The Morgan fingerprint density at radius 3 is 2.67 bits per heavy atom. The lowest BCUT2D eigenvalue weighted by atomic mass is 10.0. The minimum absolute atomic E-state index is 0.189. The molecule has 0 aliphatic rings. The van der Waals surface area contributed by atoms with E-state index in [1.165, 1.54) is 16.0 Å². The van der Waals surface area contributed by atoms with Crippen molar-refractivity contribution in [3.8, 4) is 11.1 Å². The van der Waals surface area contributed by atoms with Gasteiger partial charge in [0.2, 0.25) is 0 Å². The molecule has 1 N–H and O–H groups in total. The van der Waals surface area contributed by atoms with Gasteiger partial charge in [0.05, 0.1) is 5.39 Å². The Labute approximate surface area is 149 Å². The molecule has 2 heterocycles. The molecule has 6 heteroatoms. The molecule has 0 aliphatic heterocycles. The number of carboxylic acid groups (broad SMARTS) is 1. The van der Waals surface area contributed by atoms with Gasteiger partial charge in [-0.05, 0) is 25.8 Å². The normalized spacial score (nSPS) is 11.1. The summed E-state index contributed by atoms with van der Waals surface area (Å²) < 4.78 is 0. The zero-order valence-corrected chi connectivity index (χ0v) is 15.2. The van der Waals surface area contributed by atoms with Crippen LogP contribution in [-0.4, -0.2) is 26.8 Å². The van der Waals surface area contributed by atoms with Crippen molar-refractivity contribution in [2.24, 2.45) is 0 Å². The molecule has 0 bridgehead atoms. The topological polar surface area (TPSA) is 63.1 Å². The van der Waals surface area contributed by atoms with Crippen LogP contribution in [0.15, 0.2) is 35.4 Å². The average Bonchev–Trinajstić information content (AvgIpc) is 2.87. The Kier molecular flexibility index (Phi) is 5.16. The molecule has 24 heavy (non-hydrogen) atoms. The molecule has 0 aliphatic carbocycles. The van der Waals surface area contributed by atoms with E-state index in [9.17, 15) is 4.79 Å². The highest BCUT2D eigenvalue weighted by Gasteiger charge is 2.17. The minimum atomic E-state index is -0.754. The predicted molar refractivity (Wildman–Crippen MR) is 99.9 cm³/mol. The second kappa shape index (κ2) is 7.32. The Balaban J connectivity index is 2.03. The van der Waals surface area contributed by atoms with Crippen molar-refractivity contribution >= 4 is 39.3 Å². The van der Waals surface area contributed by atoms with E-state index >= 15 is 0 Å². The van der Waals surface area contributed by atoms with Crippen molar-refractivity contribution in [1.82, 2.24) is 9.97 Å². The maximum absolute atomic E-state index is 10.7. The van der Waals surface area contributed by atoms with Crippen LogP contribution < -0.4 is 0 Å². The molecular formula is C18H18N2O2S2. The molecule has 0 amide bonds. The monoisotopic (exact) mass is 358 g/mol. The van der Waals surface area contributed by atoms with E-state index < -0.39 is 5.97 Å². The largest absolute Gasteiger partial charge is 0.481 e. The van der Waals surface area contributed by atoms with E-state index in [2.05, 4.69) is 29.0 Å². The van der Waals surface area contributed by atoms with Crippen molar-refractivity contribution in [2.45, 2.75) is 31.7 Å². The van der Waals surface area contributed by atoms with Crippen LogP contribution in [0.2, 0.25) is 0 Å². The molecule has 124 valence electrons. The van der Waals surface area contributed by atoms with Gasteiger partial charge in [-0.25, -0.2) is 9.97 Å². The van der Waals surface area contributed by atoms with Gasteiger partial charge >= 0.3 is 5.97 Å². The van der Waals surface area contributed by atoms with Gasteiger partial charge in [-0.3, -0.25) is 4.79 Å². The van der Waals surface area contributed by atoms with Crippen LogP contribution >= 0.6 is 23.1 Å². The fourth-order valence-electron chi connectivity index (χ4n) is 2.63. The molecule has 3 aromatic rings. The van der Waals surface area contributed by atoms with Gasteiger partial charge in [0.1, 0.15) is 15.7 Å². The minimum Gasteiger partial charge on any atom is -0.481 e. The third-order valence-corrected chi connectivity index (χ3v) is 5.70. The first-order valence-corrected chi connectivity index (χ1v) is 9.54. The molecule has 1 aromatic carbocycles. The standard InChI is InChI=1S/C18H18N2O2S2/c1-11-15(13-7-4-3-5-8-13)16-17(23-10-6-9-14(21)22)19-12(2)20-18(16)24-11/h3-5,7-8H,6,9-10H2,1-2H3,(H,21,22). The second-order valence-corrected chi connectivity index (χ2v) is 7.79. The molecule has 0 spiro atoms. The van der Waals surface area contributed by atoms with E-state index in [4.69, 9.17) is 5.11 Å². The highest BCUT2D eigenvalue weighted by atomic mass is 32.2. The summed E-state index contributed by atoms with van der Waals surface area (Å²) in [6, 6.07) is 10.3. The summed E-state index contributed by atoms with van der Waals surface area (Å²) in [5, 5.41) is 10.8. The number of hydrogen-bond donors (Lipinski definition) is 1. The van der Waals surface area contributed by atoms with Crippen molar-refractivity contribution in [2.75, 3.05) is 5.75 Å². The molecular weight excluding hydrogens is 340 g/mol. The molecule has 0 unspecified atom stereocenters. The maximum atomic E-state index is 10.7. The highest BCUT2D eigenvalue weighted by molar-refractivity contribution is 7.99. The molecule has 0 radical (unpaired) electrons. The van der Waals surface area contributed by atoms with Crippen LogP contribution in [0.5, 0.6) is 0 Å². The number of rotatable bonds is 6. The summed E-state index contributed by atoms with van der Waals surface area (Å²) in [5.41, 5.74) is 2.36. The Hall–Kier alpha value is -1.92. The highest BCUT2D eigenvalue weighted by Crippen LogP contribution is 2.41. The lowest BCUT2D eigenvalue weighted by Crippen LogP contribution is -1.96. The first-order valence-electron chi connectivity index (χ1n) is 7.74. The molecule has 0 saturated carbocycles. The summed E-state index contributed by atoms with van der Waals surface area (Å²) in [5.74, 6) is 0.737. The van der Waals surface area contributed by atoms with Gasteiger partial charge in [-0.2, -0.15) is 0 Å². The van der Waals surface area contributed by atoms with Crippen LogP contribution in [0.3, 0.4) is 0 Å². The summed E-state index contributed by atoms with van der Waals surface area (Å²) in [4.78, 5) is 22.1. The van der Waals surface area contributed by atoms with Gasteiger partial charge < -0.3 is 5.11 Å². The number of thiophene rings is 1. The van der Waals surface area contributed by atoms with E-state index in [-0.39, 0.29) is 6.42 Å². The third-order valence-electron chi connectivity index (χ3n) is 3.64. The quantitative estimate of drug-likeness (QED) is 0.384. The Bertz CT molecular complexity index is 876. The molecule has 3 rings (SSSR count). The predicted octanol–water partition coefficient (Wildman–Crippen LogP) is 4.93. The lowest BCUT2D eigenvalue weighted by molar-refractivity contribution is -0.137. The van der Waals surface area contributed by atoms with Crippen molar-refractivity contribution in [1.29, 1.82) is 0 Å². The van der Waals surface area contributed by atoms with Crippen LogP contribution in [-0.2, 0) is 4.79 Å². The summed E-state index contributed by atoms with van der Waals surface area (Å²) >= 11 is 3.31. The Morgan fingerprint density at radius 2 is 1.96 bits per heavy atom. The first-order chi connectivity index (χ1) is 11.6. The van der Waals surface area contributed by atoms with E-state index in [0.29, 0.717) is 6.42 Å². The number of fused-ring (bicyclic) bond motifs is 1. The number of nitrogens with zero attached hydrogens (tertiary/aromatic N) is 2. The maximum Gasteiger partial charge on any atom is 0.303 e. The third kappa shape index (κ3) is 3.60. The fourth-order valence-corrected chi connectivity index (χ4v) is 4.81. The SMILES string of the molecule is Cc1nc(SCCCC(=O)O)c2c(-c3ccccc3)c(C)sc2n1. The van der Waals surface area contributed by atoms with E-state index in [0.717, 1.165) is 26.8 Å². The number of aryl methyl sites for hydroxylation is 2. The van der Waals surface area contributed by atoms with Crippen LogP contribution in [0.4, 0.5) is 0 Å². The number of carboxylic acids is 1. The smallest absolute Gasteiger partial charge is 0.303 e. The van der Waals surface area contributed by atoms with E-state index in [1.54, 1.807) is 23.1 Å². The number of aliphatic carboxylic acids is 1. The average molecular weight is 358 g/mol. The number of aromatic nitrogens is 2. The summed E-state index contributed by atoms with van der Waals surface area (Å²) in [7, 11) is 0. The molecule has 2 aromatic heterocycles. The zero-order chi connectivity index (χ0) is 17.1. The lowest BCUT2D eigenvalue weighted by Gasteiger charge is -2.07. The number of thioether (sulfide) groups is 1. The van der Waals surface area contributed by atoms with Gasteiger partial charge in [-0.15, -0.1) is 23.1 Å². The van der Waals surface area contributed by atoms with Crippen LogP contribution in [0, 0.1) is 13.8 Å². The number of carbonyl (C=O) groups is 1. The zero-order valence-electron chi connectivity index (χ0n) is 13.6. The fraction of sp³-hybridized carbons (Fsp3) is 0.278. The second-order valence-electron chi connectivity index (χ2n) is 5.50. The number of benzene rings is 1. The molecule has 4 nitrogen and oxygen atoms in total. The summed E-state index contributed by atoms with van der Waals surface area (Å²) in [6.07, 6.45) is 0.822. The van der Waals surface area contributed by atoms with Crippen molar-refractivity contribution in [3.63, 3.8) is 0 Å². The van der Waals surface area contributed by atoms with Crippen LogP contribution in [0.1, 0.15) is 23.5 Å². The van der Waals surface area contributed by atoms with Gasteiger partial charge in [0.25, 0.3) is 0 Å². The van der Waals surface area contributed by atoms with Gasteiger partial charge in [0, 0.05) is 22.6 Å². The van der Waals surface area contributed by atoms with Gasteiger partial charge in [-0.1, -0.05) is 30.3 Å². The molecule has 0 saturated heterocycles. The molecule has 0 fully saturated rings. The molecule has 0 atom stereocenters. The van der Waals surface area contributed by atoms with Crippen LogP contribution in [0.25, 0.3) is 21.3 Å². The van der Waals surface area contributed by atoms with E-state index in [1.807, 2.05) is 25.1 Å². The number of hydrogen-bond acceptors (Lipinski definition) is 5. The summed E-state index contributed by atoms with van der Waals surface area (Å²) in [6.45, 7) is 4.01. The first kappa shape index (κ1) is 16.9. The van der Waals surface area contributed by atoms with Gasteiger partial charge in [0.15, 0.2) is 0 Å². The van der Waals surface area contributed by atoms with Crippen molar-refractivity contribution in [3.05, 3.63) is 41.0 Å². The Morgan fingerprint density at radius 1 is 1.21 bits per heavy atom.